The van der Waals surface area contributed by atoms with Crippen molar-refractivity contribution in [1.82, 2.24) is 0 Å². The Kier molecular flexibility index (Phi) is 5.50. The van der Waals surface area contributed by atoms with Crippen molar-refractivity contribution in [3.8, 4) is 0 Å². The molecular formula is C7H18Si. The van der Waals surface area contributed by atoms with Crippen LogP contribution in [-0.2, 0) is 0 Å². The fourth-order valence-corrected chi connectivity index (χ4v) is 2.27. The minimum absolute atomic E-state index is 0.199. The van der Waals surface area contributed by atoms with E-state index in [0.29, 0.717) is 0 Å². The second-order valence-corrected chi connectivity index (χ2v) is 6.26. The highest BCUT2D eigenvalue weighted by molar-refractivity contribution is 6.57. The van der Waals surface area contributed by atoms with Crippen LogP contribution in [0.15, 0.2) is 0 Å². The van der Waals surface area contributed by atoms with Crippen LogP contribution in [0.5, 0.6) is 0 Å². The zero-order valence-corrected chi connectivity index (χ0v) is 7.56. The first kappa shape index (κ1) is 8.22. The topological polar surface area (TPSA) is 0 Å². The smallest absolute Gasteiger partial charge is 0.0334 e. The maximum absolute atomic E-state index is 2.47. The predicted octanol–water partition coefficient (Wildman–Crippen LogP) is 2.66. The summed E-state index contributed by atoms with van der Waals surface area (Å²) >= 11 is 0. The molecule has 0 rings (SSSR count). The summed E-state index contributed by atoms with van der Waals surface area (Å²) in [6.07, 6.45) is 2.86. The van der Waals surface area contributed by atoms with Crippen molar-refractivity contribution in [2.75, 3.05) is 0 Å². The highest BCUT2D eigenvalue weighted by Gasteiger charge is 1.96. The van der Waals surface area contributed by atoms with Crippen molar-refractivity contribution in [1.29, 1.82) is 0 Å². The summed E-state index contributed by atoms with van der Waals surface area (Å²) in [4.78, 5) is 0. The maximum Gasteiger partial charge on any atom is 0.0334 e. The Labute approximate surface area is 54.9 Å². The van der Waals surface area contributed by atoms with Gasteiger partial charge in [0.25, 0.3) is 0 Å². The molecule has 0 heterocycles. The van der Waals surface area contributed by atoms with E-state index in [9.17, 15) is 0 Å². The molecule has 0 aliphatic carbocycles. The van der Waals surface area contributed by atoms with Crippen LogP contribution in [0.4, 0.5) is 0 Å². The molecule has 50 valence electrons. The molecule has 1 heteroatoms. The first-order valence-corrected chi connectivity index (χ1v) is 6.60. The van der Waals surface area contributed by atoms with Crippen molar-refractivity contribution < 1.29 is 0 Å². The molecule has 1 unspecified atom stereocenters. The Bertz CT molecular complexity index is 43.7. The van der Waals surface area contributed by atoms with E-state index in [1.807, 2.05) is 0 Å². The molecule has 0 spiro atoms. The second kappa shape index (κ2) is 5.36. The van der Waals surface area contributed by atoms with E-state index in [4.69, 9.17) is 0 Å². The van der Waals surface area contributed by atoms with Crippen molar-refractivity contribution in [3.05, 3.63) is 0 Å². The standard InChI is InChI=1S/C7H18Si/c1-4-6-7-8(3)5-2/h8H,4-7H2,1-3H3. The van der Waals surface area contributed by atoms with E-state index in [1.54, 1.807) is 6.04 Å². The summed E-state index contributed by atoms with van der Waals surface area (Å²) in [5, 5.41) is 0. The lowest BCUT2D eigenvalue weighted by molar-refractivity contribution is 0.872. The van der Waals surface area contributed by atoms with E-state index in [2.05, 4.69) is 20.4 Å². The summed E-state index contributed by atoms with van der Waals surface area (Å²) in [6.45, 7) is 7.07. The Morgan fingerprint density at radius 2 is 1.88 bits per heavy atom. The molecule has 8 heavy (non-hydrogen) atoms. The molecule has 0 aromatic carbocycles. The Morgan fingerprint density at radius 1 is 1.25 bits per heavy atom. The Morgan fingerprint density at radius 3 is 2.25 bits per heavy atom. The van der Waals surface area contributed by atoms with Gasteiger partial charge in [-0.3, -0.25) is 0 Å². The van der Waals surface area contributed by atoms with Crippen molar-refractivity contribution in [3.63, 3.8) is 0 Å². The molecule has 0 N–H and O–H groups in total. The summed E-state index contributed by atoms with van der Waals surface area (Å²) in [5.41, 5.74) is 0. The van der Waals surface area contributed by atoms with Gasteiger partial charge >= 0.3 is 0 Å². The zero-order chi connectivity index (χ0) is 6.41. The molecule has 0 bridgehead atoms. The molecule has 1 atom stereocenters. The lowest BCUT2D eigenvalue weighted by Gasteiger charge is -2.02. The molecule has 0 saturated carbocycles. The Balaban J connectivity index is 2.86. The van der Waals surface area contributed by atoms with Gasteiger partial charge in [-0.25, -0.2) is 0 Å². The van der Waals surface area contributed by atoms with Crippen LogP contribution in [0.2, 0.25) is 18.6 Å². The van der Waals surface area contributed by atoms with E-state index < -0.39 is 0 Å². The summed E-state index contributed by atoms with van der Waals surface area (Å²) < 4.78 is 0. The van der Waals surface area contributed by atoms with Gasteiger partial charge in [-0.05, 0) is 0 Å². The third-order valence-electron chi connectivity index (χ3n) is 1.75. The van der Waals surface area contributed by atoms with Gasteiger partial charge in [-0.15, -0.1) is 0 Å². The molecule has 0 saturated heterocycles. The number of unbranched alkanes of at least 4 members (excludes halogenated alkanes) is 1. The normalized spacial score (nSPS) is 13.9. The third-order valence-corrected chi connectivity index (χ3v) is 4.54. The largest absolute Gasteiger partial charge is 0.0720 e. The Hall–Kier alpha value is 0.217. The molecule has 0 aromatic heterocycles. The van der Waals surface area contributed by atoms with Crippen LogP contribution in [-0.4, -0.2) is 8.80 Å². The molecule has 0 nitrogen and oxygen atoms in total. The number of hydrogen-bond acceptors (Lipinski definition) is 0. The minimum Gasteiger partial charge on any atom is -0.0720 e. The van der Waals surface area contributed by atoms with E-state index in [0.717, 1.165) is 0 Å². The monoisotopic (exact) mass is 130 g/mol. The molecule has 0 aromatic rings. The van der Waals surface area contributed by atoms with E-state index in [-0.39, 0.29) is 8.80 Å². The van der Waals surface area contributed by atoms with Crippen LogP contribution in [0.1, 0.15) is 26.7 Å². The van der Waals surface area contributed by atoms with E-state index in [1.165, 1.54) is 18.9 Å². The maximum atomic E-state index is 2.47. The third kappa shape index (κ3) is 4.38. The molecule has 0 radical (unpaired) electrons. The number of hydrogen-bond donors (Lipinski definition) is 0. The van der Waals surface area contributed by atoms with E-state index >= 15 is 0 Å². The van der Waals surface area contributed by atoms with Crippen LogP contribution in [0.3, 0.4) is 0 Å². The van der Waals surface area contributed by atoms with Gasteiger partial charge in [-0.1, -0.05) is 45.3 Å². The van der Waals surface area contributed by atoms with Crippen molar-refractivity contribution in [2.24, 2.45) is 0 Å². The van der Waals surface area contributed by atoms with Gasteiger partial charge in [0.1, 0.15) is 0 Å². The highest BCUT2D eigenvalue weighted by Crippen LogP contribution is 2.03. The minimum atomic E-state index is -0.199. The van der Waals surface area contributed by atoms with Crippen molar-refractivity contribution in [2.45, 2.75) is 45.3 Å². The fraction of sp³-hybridized carbons (Fsp3) is 1.00. The summed E-state index contributed by atoms with van der Waals surface area (Å²) in [7, 11) is -0.199. The SMILES string of the molecule is CCCC[SiH](C)CC. The number of rotatable bonds is 4. The molecular weight excluding hydrogens is 112 g/mol. The summed E-state index contributed by atoms with van der Waals surface area (Å²) in [5.74, 6) is 0. The fourth-order valence-electron chi connectivity index (χ4n) is 0.757. The van der Waals surface area contributed by atoms with Gasteiger partial charge in [-0.2, -0.15) is 0 Å². The van der Waals surface area contributed by atoms with Crippen LogP contribution in [0.25, 0.3) is 0 Å². The molecule has 0 fully saturated rings. The average Bonchev–Trinajstić information content (AvgIpc) is 1.83. The molecule has 0 amide bonds. The van der Waals surface area contributed by atoms with Crippen LogP contribution in [0, 0.1) is 0 Å². The zero-order valence-electron chi connectivity index (χ0n) is 6.41. The van der Waals surface area contributed by atoms with Crippen molar-refractivity contribution >= 4 is 8.80 Å². The lowest BCUT2D eigenvalue weighted by atomic mass is 10.4. The van der Waals surface area contributed by atoms with Gasteiger partial charge in [0.05, 0.1) is 0 Å². The van der Waals surface area contributed by atoms with Crippen LogP contribution >= 0.6 is 0 Å². The highest BCUT2D eigenvalue weighted by atomic mass is 28.3. The van der Waals surface area contributed by atoms with Gasteiger partial charge < -0.3 is 0 Å². The molecule has 0 aliphatic heterocycles. The van der Waals surface area contributed by atoms with Gasteiger partial charge in [0.2, 0.25) is 0 Å². The predicted molar refractivity (Wildman–Crippen MR) is 43.2 cm³/mol. The first-order chi connectivity index (χ1) is 3.81. The quantitative estimate of drug-likeness (QED) is 0.513. The summed E-state index contributed by atoms with van der Waals surface area (Å²) in [6, 6.07) is 3.05. The van der Waals surface area contributed by atoms with Gasteiger partial charge in [0, 0.05) is 8.80 Å². The molecule has 0 aliphatic rings. The first-order valence-electron chi connectivity index (χ1n) is 3.81. The average molecular weight is 130 g/mol. The second-order valence-electron chi connectivity index (χ2n) is 2.66. The van der Waals surface area contributed by atoms with Crippen LogP contribution < -0.4 is 0 Å². The lowest BCUT2D eigenvalue weighted by Crippen LogP contribution is -2.02. The van der Waals surface area contributed by atoms with Gasteiger partial charge in [0.15, 0.2) is 0 Å².